The van der Waals surface area contributed by atoms with Gasteiger partial charge in [-0.25, -0.2) is 8.42 Å². The summed E-state index contributed by atoms with van der Waals surface area (Å²) in [6.45, 7) is 3.49. The lowest BCUT2D eigenvalue weighted by molar-refractivity contribution is 0.443. The Morgan fingerprint density at radius 2 is 1.72 bits per heavy atom. The molecule has 0 aliphatic heterocycles. The van der Waals surface area contributed by atoms with E-state index < -0.39 is 10.0 Å². The highest BCUT2D eigenvalue weighted by atomic mass is 32.2. The zero-order chi connectivity index (χ0) is 22.6. The van der Waals surface area contributed by atoms with Crippen LogP contribution in [-0.2, 0) is 10.0 Å². The topological polar surface area (TPSA) is 122 Å². The number of benzene rings is 2. The molecule has 2 aromatic carbocycles. The van der Waals surface area contributed by atoms with Crippen molar-refractivity contribution in [1.29, 1.82) is 0 Å². The summed E-state index contributed by atoms with van der Waals surface area (Å²) in [5, 5.41) is 10.2. The van der Waals surface area contributed by atoms with Gasteiger partial charge in [-0.15, -0.1) is 0 Å². The molecule has 0 saturated carbocycles. The van der Waals surface area contributed by atoms with E-state index in [1.165, 1.54) is 0 Å². The van der Waals surface area contributed by atoms with Crippen LogP contribution in [0.2, 0.25) is 0 Å². The van der Waals surface area contributed by atoms with Gasteiger partial charge in [-0.2, -0.15) is 15.1 Å². The molecule has 4 aromatic rings. The first-order chi connectivity index (χ1) is 15.4. The smallest absolute Gasteiger partial charge is 0.324 e. The van der Waals surface area contributed by atoms with E-state index >= 15 is 0 Å². The largest absolute Gasteiger partial charge is 0.424 e. The van der Waals surface area contributed by atoms with Gasteiger partial charge in [-0.3, -0.25) is 9.82 Å². The van der Waals surface area contributed by atoms with Crippen LogP contribution in [0.15, 0.2) is 66.7 Å². The number of aromatic amines is 1. The summed E-state index contributed by atoms with van der Waals surface area (Å²) in [6.07, 6.45) is 0. The van der Waals surface area contributed by atoms with Crippen molar-refractivity contribution in [3.8, 4) is 23.0 Å². The number of anilines is 3. The Balaban J connectivity index is 1.61. The molecule has 9 nitrogen and oxygen atoms in total. The number of aryl methyl sites for hydroxylation is 1. The molecule has 2 aromatic heterocycles. The van der Waals surface area contributed by atoms with Gasteiger partial charge in [-0.1, -0.05) is 30.3 Å². The van der Waals surface area contributed by atoms with Crippen molar-refractivity contribution in [3.05, 3.63) is 72.4 Å². The van der Waals surface area contributed by atoms with Crippen molar-refractivity contribution in [2.75, 3.05) is 15.8 Å². The summed E-state index contributed by atoms with van der Waals surface area (Å²) in [7, 11) is -3.35. The quantitative estimate of drug-likeness (QED) is 0.362. The first-order valence-corrected chi connectivity index (χ1v) is 11.6. The summed E-state index contributed by atoms with van der Waals surface area (Å²) in [4.78, 5) is 8.97. The summed E-state index contributed by atoms with van der Waals surface area (Å²) < 4.78 is 31.8. The summed E-state index contributed by atoms with van der Waals surface area (Å²) in [5.41, 5.74) is 2.96. The zero-order valence-electron chi connectivity index (χ0n) is 17.5. The summed E-state index contributed by atoms with van der Waals surface area (Å²) >= 11 is 0. The molecule has 3 N–H and O–H groups in total. The minimum Gasteiger partial charge on any atom is -0.424 e. The SMILES string of the molecule is CCS(=O)(=O)Nc1ccc(Oc2nc(Nc3cc(C)[nH]n3)cc(-c3ccccc3)n2)cc1. The number of nitrogens with one attached hydrogen (secondary N) is 3. The lowest BCUT2D eigenvalue weighted by Gasteiger charge is -2.11. The van der Waals surface area contributed by atoms with Gasteiger partial charge >= 0.3 is 6.01 Å². The van der Waals surface area contributed by atoms with E-state index in [1.54, 1.807) is 31.2 Å². The lowest BCUT2D eigenvalue weighted by atomic mass is 10.1. The number of rotatable bonds is 8. The molecule has 0 saturated heterocycles. The molecule has 4 rings (SSSR count). The Kier molecular flexibility index (Phi) is 6.04. The molecule has 32 heavy (non-hydrogen) atoms. The molecule has 0 amide bonds. The van der Waals surface area contributed by atoms with E-state index in [4.69, 9.17) is 4.74 Å². The molecule has 10 heteroatoms. The number of ether oxygens (including phenoxy) is 1. The normalized spacial score (nSPS) is 11.2. The number of sulfonamides is 1. The van der Waals surface area contributed by atoms with Gasteiger partial charge in [0.25, 0.3) is 0 Å². The first kappa shape index (κ1) is 21.3. The van der Waals surface area contributed by atoms with Crippen LogP contribution in [0, 0.1) is 6.92 Å². The van der Waals surface area contributed by atoms with E-state index in [-0.39, 0.29) is 11.8 Å². The average Bonchev–Trinajstić information content (AvgIpc) is 3.20. The second-order valence-electron chi connectivity index (χ2n) is 6.98. The second-order valence-corrected chi connectivity index (χ2v) is 8.99. The van der Waals surface area contributed by atoms with E-state index in [1.807, 2.05) is 49.4 Å². The fourth-order valence-electron chi connectivity index (χ4n) is 2.85. The standard InChI is InChI=1S/C22H22N6O3S/c1-3-32(29,30)28-17-9-11-18(12-10-17)31-22-23-19(16-7-5-4-6-8-16)14-20(25-22)24-21-13-15(2)26-27-21/h4-14,28H,3H2,1-2H3,(H2,23,24,25,26,27). The predicted octanol–water partition coefficient (Wildman–Crippen LogP) is 4.47. The van der Waals surface area contributed by atoms with Crippen LogP contribution in [0.4, 0.5) is 17.3 Å². The van der Waals surface area contributed by atoms with Gasteiger partial charge in [-0.05, 0) is 38.1 Å². The molecule has 2 heterocycles. The van der Waals surface area contributed by atoms with Gasteiger partial charge in [0, 0.05) is 29.1 Å². The molecule has 0 bridgehead atoms. The van der Waals surface area contributed by atoms with Gasteiger partial charge in [0.2, 0.25) is 10.0 Å². The van der Waals surface area contributed by atoms with E-state index in [2.05, 4.69) is 30.2 Å². The molecule has 0 aliphatic carbocycles. The summed E-state index contributed by atoms with van der Waals surface area (Å²) in [6, 6.07) is 20.0. The minimum atomic E-state index is -3.35. The first-order valence-electron chi connectivity index (χ1n) is 9.92. The molecular formula is C22H22N6O3S. The second kappa shape index (κ2) is 9.06. The van der Waals surface area contributed by atoms with Crippen LogP contribution in [0.1, 0.15) is 12.6 Å². The molecular weight excluding hydrogens is 428 g/mol. The average molecular weight is 451 g/mol. The third-order valence-electron chi connectivity index (χ3n) is 4.45. The van der Waals surface area contributed by atoms with Crippen LogP contribution in [0.3, 0.4) is 0 Å². The van der Waals surface area contributed by atoms with Crippen molar-refractivity contribution in [1.82, 2.24) is 20.2 Å². The highest BCUT2D eigenvalue weighted by molar-refractivity contribution is 7.92. The van der Waals surface area contributed by atoms with Crippen LogP contribution in [0.5, 0.6) is 11.8 Å². The van der Waals surface area contributed by atoms with E-state index in [0.29, 0.717) is 28.8 Å². The van der Waals surface area contributed by atoms with Crippen LogP contribution < -0.4 is 14.8 Å². The highest BCUT2D eigenvalue weighted by Crippen LogP contribution is 2.27. The summed E-state index contributed by atoms with van der Waals surface area (Å²) in [5.74, 6) is 1.61. The highest BCUT2D eigenvalue weighted by Gasteiger charge is 2.11. The number of nitrogens with zero attached hydrogens (tertiary/aromatic N) is 3. The van der Waals surface area contributed by atoms with Crippen molar-refractivity contribution >= 4 is 27.3 Å². The molecule has 0 atom stereocenters. The Bertz CT molecular complexity index is 1310. The third-order valence-corrected chi connectivity index (χ3v) is 5.76. The van der Waals surface area contributed by atoms with Crippen molar-refractivity contribution < 1.29 is 13.2 Å². The van der Waals surface area contributed by atoms with Crippen molar-refractivity contribution in [3.63, 3.8) is 0 Å². The molecule has 164 valence electrons. The van der Waals surface area contributed by atoms with Crippen LogP contribution in [0.25, 0.3) is 11.3 Å². The fraction of sp³-hybridized carbons (Fsp3) is 0.136. The molecule has 0 radical (unpaired) electrons. The molecule has 0 unspecified atom stereocenters. The molecule has 0 spiro atoms. The fourth-order valence-corrected chi connectivity index (χ4v) is 3.49. The Morgan fingerprint density at radius 3 is 2.38 bits per heavy atom. The molecule has 0 fully saturated rings. The number of hydrogen-bond donors (Lipinski definition) is 3. The zero-order valence-corrected chi connectivity index (χ0v) is 18.3. The molecule has 0 aliphatic rings. The van der Waals surface area contributed by atoms with Crippen LogP contribution >= 0.6 is 0 Å². The van der Waals surface area contributed by atoms with Gasteiger partial charge in [0.15, 0.2) is 5.82 Å². The van der Waals surface area contributed by atoms with Gasteiger partial charge in [0.05, 0.1) is 11.4 Å². The third kappa shape index (κ3) is 5.41. The van der Waals surface area contributed by atoms with Crippen LogP contribution in [-0.4, -0.2) is 34.3 Å². The predicted molar refractivity (Wildman–Crippen MR) is 124 cm³/mol. The maximum absolute atomic E-state index is 11.7. The van der Waals surface area contributed by atoms with E-state index in [9.17, 15) is 8.42 Å². The number of aromatic nitrogens is 4. The van der Waals surface area contributed by atoms with Gasteiger partial charge < -0.3 is 10.1 Å². The Hall–Kier alpha value is -3.92. The Labute approximate surface area is 186 Å². The number of H-pyrrole nitrogens is 1. The number of hydrogen-bond acceptors (Lipinski definition) is 7. The Morgan fingerprint density at radius 1 is 0.969 bits per heavy atom. The van der Waals surface area contributed by atoms with Crippen molar-refractivity contribution in [2.24, 2.45) is 0 Å². The minimum absolute atomic E-state index is 0.00330. The maximum atomic E-state index is 11.7. The van der Waals surface area contributed by atoms with E-state index in [0.717, 1.165) is 11.3 Å². The lowest BCUT2D eigenvalue weighted by Crippen LogP contribution is -2.14. The van der Waals surface area contributed by atoms with Crippen molar-refractivity contribution in [2.45, 2.75) is 13.8 Å². The van der Waals surface area contributed by atoms with Gasteiger partial charge in [0.1, 0.15) is 11.6 Å². The monoisotopic (exact) mass is 450 g/mol. The maximum Gasteiger partial charge on any atom is 0.324 e.